The molecule has 0 aromatic heterocycles. The summed E-state index contributed by atoms with van der Waals surface area (Å²) in [7, 11) is -2.38. The van der Waals surface area contributed by atoms with E-state index in [4.69, 9.17) is 4.74 Å². The minimum absolute atomic E-state index is 0.121. The molecule has 0 atom stereocenters. The predicted molar refractivity (Wildman–Crippen MR) is 85.8 cm³/mol. The summed E-state index contributed by atoms with van der Waals surface area (Å²) < 4.78 is 32.4. The van der Waals surface area contributed by atoms with Crippen LogP contribution in [0.1, 0.15) is 11.1 Å². The van der Waals surface area contributed by atoms with Crippen LogP contribution in [0.4, 0.5) is 11.4 Å². The summed E-state index contributed by atoms with van der Waals surface area (Å²) in [5, 5.41) is 10.8. The number of nitrogens with one attached hydrogen (secondary N) is 1. The van der Waals surface area contributed by atoms with Gasteiger partial charge in [-0.05, 0) is 30.2 Å². The van der Waals surface area contributed by atoms with Crippen LogP contribution in [0.5, 0.6) is 0 Å². The lowest BCUT2D eigenvalue weighted by Crippen LogP contribution is -2.14. The van der Waals surface area contributed by atoms with Crippen LogP contribution in [0.15, 0.2) is 47.4 Å². The van der Waals surface area contributed by atoms with Gasteiger partial charge < -0.3 is 4.74 Å². The van der Waals surface area contributed by atoms with Crippen LogP contribution < -0.4 is 4.72 Å². The first-order valence-corrected chi connectivity index (χ1v) is 8.17. The summed E-state index contributed by atoms with van der Waals surface area (Å²) >= 11 is 0. The van der Waals surface area contributed by atoms with Crippen molar-refractivity contribution in [1.82, 2.24) is 0 Å². The first-order chi connectivity index (χ1) is 10.8. The molecule has 122 valence electrons. The minimum atomic E-state index is -3.93. The lowest BCUT2D eigenvalue weighted by Gasteiger charge is -2.11. The Morgan fingerprint density at radius 2 is 1.96 bits per heavy atom. The molecule has 8 heteroatoms. The van der Waals surface area contributed by atoms with Gasteiger partial charge in [0.2, 0.25) is 0 Å². The van der Waals surface area contributed by atoms with Gasteiger partial charge in [0.1, 0.15) is 0 Å². The molecule has 7 nitrogen and oxygen atoms in total. The van der Waals surface area contributed by atoms with Crippen molar-refractivity contribution in [3.05, 3.63) is 63.7 Å². The Kier molecular flexibility index (Phi) is 4.97. The van der Waals surface area contributed by atoms with Gasteiger partial charge in [-0.3, -0.25) is 14.8 Å². The topological polar surface area (TPSA) is 98.5 Å². The average molecular weight is 336 g/mol. The van der Waals surface area contributed by atoms with Crippen molar-refractivity contribution < 1.29 is 18.1 Å². The summed E-state index contributed by atoms with van der Waals surface area (Å²) in [5.74, 6) is 0. The molecule has 0 bridgehead atoms. The molecule has 1 N–H and O–H groups in total. The van der Waals surface area contributed by atoms with Gasteiger partial charge in [-0.1, -0.05) is 18.2 Å². The molecule has 0 unspecified atom stereocenters. The number of hydrogen-bond donors (Lipinski definition) is 1. The number of nitrogens with zero attached hydrogens (tertiary/aromatic N) is 1. The maximum Gasteiger partial charge on any atom is 0.270 e. The highest BCUT2D eigenvalue weighted by atomic mass is 32.2. The fourth-order valence-corrected chi connectivity index (χ4v) is 3.41. The van der Waals surface area contributed by atoms with Gasteiger partial charge in [0.15, 0.2) is 0 Å². The smallest absolute Gasteiger partial charge is 0.270 e. The zero-order chi connectivity index (χ0) is 17.0. The maximum absolute atomic E-state index is 12.5. The fourth-order valence-electron chi connectivity index (χ4n) is 2.09. The number of aryl methyl sites for hydroxylation is 1. The van der Waals surface area contributed by atoms with Gasteiger partial charge in [0, 0.05) is 24.9 Å². The average Bonchev–Trinajstić information content (AvgIpc) is 2.47. The van der Waals surface area contributed by atoms with Crippen LogP contribution in [0.25, 0.3) is 0 Å². The minimum Gasteiger partial charge on any atom is -0.380 e. The molecule has 2 aromatic rings. The van der Waals surface area contributed by atoms with Gasteiger partial charge in [0.05, 0.1) is 16.4 Å². The van der Waals surface area contributed by atoms with Crippen molar-refractivity contribution in [1.29, 1.82) is 0 Å². The zero-order valence-corrected chi connectivity index (χ0v) is 13.5. The molecule has 0 heterocycles. The molecule has 2 rings (SSSR count). The first-order valence-electron chi connectivity index (χ1n) is 6.69. The van der Waals surface area contributed by atoms with Crippen molar-refractivity contribution in [2.75, 3.05) is 11.8 Å². The van der Waals surface area contributed by atoms with E-state index in [1.807, 2.05) is 0 Å². The van der Waals surface area contributed by atoms with E-state index in [2.05, 4.69) is 4.72 Å². The van der Waals surface area contributed by atoms with Crippen LogP contribution in [0.2, 0.25) is 0 Å². The number of hydrogen-bond acceptors (Lipinski definition) is 5. The number of sulfonamides is 1. The summed E-state index contributed by atoms with van der Waals surface area (Å²) in [4.78, 5) is 10.1. The number of ether oxygens (including phenoxy) is 1. The van der Waals surface area contributed by atoms with E-state index in [9.17, 15) is 18.5 Å². The molecular formula is C15H16N2O5S. The molecule has 0 spiro atoms. The second-order valence-corrected chi connectivity index (χ2v) is 6.60. The quantitative estimate of drug-likeness (QED) is 0.646. The van der Waals surface area contributed by atoms with Gasteiger partial charge in [0.25, 0.3) is 15.7 Å². The molecule has 0 fully saturated rings. The number of rotatable bonds is 6. The highest BCUT2D eigenvalue weighted by Gasteiger charge is 2.20. The number of anilines is 1. The SMILES string of the molecule is COCc1cccc(NS(=O)(=O)c2cc([N+](=O)[O-])ccc2C)c1. The fraction of sp³-hybridized carbons (Fsp3) is 0.200. The largest absolute Gasteiger partial charge is 0.380 e. The van der Waals surface area contributed by atoms with Gasteiger partial charge in [-0.2, -0.15) is 0 Å². The van der Waals surface area contributed by atoms with E-state index in [-0.39, 0.29) is 10.6 Å². The Morgan fingerprint density at radius 3 is 2.61 bits per heavy atom. The molecular weight excluding hydrogens is 320 g/mol. The predicted octanol–water partition coefficient (Wildman–Crippen LogP) is 2.85. The summed E-state index contributed by atoms with van der Waals surface area (Å²) in [5.41, 5.74) is 1.33. The number of methoxy groups -OCH3 is 1. The van der Waals surface area contributed by atoms with E-state index in [1.165, 1.54) is 12.1 Å². The Bertz CT molecular complexity index is 834. The van der Waals surface area contributed by atoms with Crippen molar-refractivity contribution in [3.8, 4) is 0 Å². The van der Waals surface area contributed by atoms with Gasteiger partial charge in [-0.25, -0.2) is 8.42 Å². The van der Waals surface area contributed by atoms with E-state index < -0.39 is 14.9 Å². The molecule has 23 heavy (non-hydrogen) atoms. The van der Waals surface area contributed by atoms with Crippen LogP contribution in [0, 0.1) is 17.0 Å². The molecule has 0 saturated heterocycles. The third-order valence-corrected chi connectivity index (χ3v) is 4.69. The van der Waals surface area contributed by atoms with Crippen LogP contribution in [0.3, 0.4) is 0 Å². The molecule has 0 saturated carbocycles. The van der Waals surface area contributed by atoms with E-state index >= 15 is 0 Å². The zero-order valence-electron chi connectivity index (χ0n) is 12.6. The highest BCUT2D eigenvalue weighted by molar-refractivity contribution is 7.92. The second-order valence-electron chi connectivity index (χ2n) is 4.95. The monoisotopic (exact) mass is 336 g/mol. The van der Waals surface area contributed by atoms with Crippen LogP contribution in [-0.4, -0.2) is 20.5 Å². The Labute approximate surface area is 134 Å². The Morgan fingerprint density at radius 1 is 1.22 bits per heavy atom. The summed E-state index contributed by atoms with van der Waals surface area (Å²) in [6, 6.07) is 10.5. The standard InChI is InChI=1S/C15H16N2O5S/c1-11-6-7-14(17(18)19)9-15(11)23(20,21)16-13-5-3-4-12(8-13)10-22-2/h3-9,16H,10H2,1-2H3. The van der Waals surface area contributed by atoms with Crippen molar-refractivity contribution >= 4 is 21.4 Å². The third kappa shape index (κ3) is 4.05. The normalized spacial score (nSPS) is 11.2. The van der Waals surface area contributed by atoms with E-state index in [0.29, 0.717) is 17.9 Å². The molecule has 0 radical (unpaired) electrons. The molecule has 2 aromatic carbocycles. The maximum atomic E-state index is 12.5. The van der Waals surface area contributed by atoms with Gasteiger partial charge >= 0.3 is 0 Å². The highest BCUT2D eigenvalue weighted by Crippen LogP contribution is 2.24. The Balaban J connectivity index is 2.37. The molecule has 0 aliphatic heterocycles. The first kappa shape index (κ1) is 16.9. The second kappa shape index (κ2) is 6.76. The van der Waals surface area contributed by atoms with Crippen LogP contribution in [-0.2, 0) is 21.4 Å². The number of non-ortho nitro benzene ring substituents is 1. The number of nitro benzene ring substituents is 1. The van der Waals surface area contributed by atoms with E-state index in [1.54, 1.807) is 38.3 Å². The van der Waals surface area contributed by atoms with E-state index in [0.717, 1.165) is 11.6 Å². The Hall–Kier alpha value is -2.45. The molecule has 0 amide bonds. The molecule has 0 aliphatic carbocycles. The lowest BCUT2D eigenvalue weighted by atomic mass is 10.2. The summed E-state index contributed by atoms with van der Waals surface area (Å²) in [6.45, 7) is 1.94. The van der Waals surface area contributed by atoms with Gasteiger partial charge in [-0.15, -0.1) is 0 Å². The van der Waals surface area contributed by atoms with Crippen molar-refractivity contribution in [3.63, 3.8) is 0 Å². The molecule has 0 aliphatic rings. The van der Waals surface area contributed by atoms with Crippen LogP contribution >= 0.6 is 0 Å². The lowest BCUT2D eigenvalue weighted by molar-refractivity contribution is -0.385. The number of nitro groups is 1. The summed E-state index contributed by atoms with van der Waals surface area (Å²) in [6.07, 6.45) is 0. The van der Waals surface area contributed by atoms with Crippen molar-refractivity contribution in [2.24, 2.45) is 0 Å². The number of benzene rings is 2. The van der Waals surface area contributed by atoms with Crippen molar-refractivity contribution in [2.45, 2.75) is 18.4 Å². The third-order valence-electron chi connectivity index (χ3n) is 3.16.